The average Bonchev–Trinajstić information content (AvgIpc) is 2.88. The van der Waals surface area contributed by atoms with Crippen LogP contribution in [0.5, 0.6) is 11.5 Å². The summed E-state index contributed by atoms with van der Waals surface area (Å²) in [6, 6.07) is 18.8. The number of carbonyl (C=O) groups is 1. The van der Waals surface area contributed by atoms with Gasteiger partial charge in [-0.3, -0.25) is 4.79 Å². The Hall–Kier alpha value is -3.10. The van der Waals surface area contributed by atoms with Gasteiger partial charge in [0, 0.05) is 25.6 Å². The molecule has 2 heterocycles. The Bertz CT molecular complexity index is 1300. The second-order valence-corrected chi connectivity index (χ2v) is 10.6. The van der Waals surface area contributed by atoms with Crippen molar-refractivity contribution in [3.63, 3.8) is 0 Å². The van der Waals surface area contributed by atoms with Gasteiger partial charge in [-0.2, -0.15) is 4.31 Å². The van der Waals surface area contributed by atoms with E-state index < -0.39 is 10.0 Å². The van der Waals surface area contributed by atoms with E-state index in [4.69, 9.17) is 9.47 Å². The fourth-order valence-electron chi connectivity index (χ4n) is 4.55. The van der Waals surface area contributed by atoms with Crippen molar-refractivity contribution in [2.75, 3.05) is 32.8 Å². The van der Waals surface area contributed by atoms with Crippen LogP contribution in [0.2, 0.25) is 0 Å². The summed E-state index contributed by atoms with van der Waals surface area (Å²) in [7, 11) is -3.58. The number of nitrogens with zero attached hydrogens (tertiary/aromatic N) is 1. The second kappa shape index (κ2) is 9.64. The minimum atomic E-state index is -3.58. The first-order valence-corrected chi connectivity index (χ1v) is 13.1. The molecule has 1 N–H and O–H groups in total. The van der Waals surface area contributed by atoms with Gasteiger partial charge < -0.3 is 14.8 Å². The highest BCUT2D eigenvalue weighted by Crippen LogP contribution is 2.31. The van der Waals surface area contributed by atoms with E-state index in [1.807, 2.05) is 48.5 Å². The smallest absolute Gasteiger partial charge is 0.243 e. The van der Waals surface area contributed by atoms with Crippen LogP contribution < -0.4 is 14.8 Å². The normalized spacial score (nSPS) is 16.9. The van der Waals surface area contributed by atoms with Gasteiger partial charge in [0.2, 0.25) is 15.9 Å². The van der Waals surface area contributed by atoms with Crippen LogP contribution in [0.1, 0.15) is 18.4 Å². The van der Waals surface area contributed by atoms with Gasteiger partial charge in [-0.15, -0.1) is 0 Å². The zero-order valence-corrected chi connectivity index (χ0v) is 19.7. The number of hydrogen-bond acceptors (Lipinski definition) is 5. The number of hydrogen-bond donors (Lipinski definition) is 1. The third kappa shape index (κ3) is 4.74. The van der Waals surface area contributed by atoms with Gasteiger partial charge in [0.05, 0.1) is 4.90 Å². The summed E-state index contributed by atoms with van der Waals surface area (Å²) in [6.45, 7) is 2.31. The number of benzene rings is 3. The quantitative estimate of drug-likeness (QED) is 0.585. The lowest BCUT2D eigenvalue weighted by molar-refractivity contribution is -0.126. The van der Waals surface area contributed by atoms with Gasteiger partial charge in [-0.05, 0) is 59.9 Å². The molecule has 0 saturated carbocycles. The van der Waals surface area contributed by atoms with Crippen LogP contribution in [-0.4, -0.2) is 51.5 Å². The predicted octanol–water partition coefficient (Wildman–Crippen LogP) is 3.37. The van der Waals surface area contributed by atoms with Crippen molar-refractivity contribution in [1.29, 1.82) is 0 Å². The third-order valence-corrected chi connectivity index (χ3v) is 8.40. The maximum absolute atomic E-state index is 13.1. The fraction of sp³-hybridized carbons (Fsp3) is 0.346. The lowest BCUT2D eigenvalue weighted by Crippen LogP contribution is -2.43. The molecule has 178 valence electrons. The van der Waals surface area contributed by atoms with Crippen molar-refractivity contribution in [2.45, 2.75) is 24.2 Å². The highest BCUT2D eigenvalue weighted by Gasteiger charge is 2.32. The molecule has 0 aromatic heterocycles. The van der Waals surface area contributed by atoms with E-state index in [2.05, 4.69) is 5.32 Å². The molecule has 3 aromatic carbocycles. The molecule has 0 aliphatic carbocycles. The van der Waals surface area contributed by atoms with Gasteiger partial charge >= 0.3 is 0 Å². The van der Waals surface area contributed by atoms with E-state index in [0.717, 1.165) is 27.8 Å². The minimum Gasteiger partial charge on any atom is -0.486 e. The first-order chi connectivity index (χ1) is 16.5. The van der Waals surface area contributed by atoms with Crippen LogP contribution in [-0.2, 0) is 21.2 Å². The standard InChI is InChI=1S/C26H28N2O5S/c29-26(27-12-9-19-5-8-24-25(17-19)33-16-15-32-24)21-10-13-28(14-11-21)34(30,31)23-7-6-20-3-1-2-4-22(20)18-23/h1-8,17-18,21H,9-16H2,(H,27,29). The summed E-state index contributed by atoms with van der Waals surface area (Å²) >= 11 is 0. The maximum atomic E-state index is 13.1. The summed E-state index contributed by atoms with van der Waals surface area (Å²) in [6.07, 6.45) is 1.73. The molecule has 3 aromatic rings. The molecule has 1 amide bonds. The molecule has 7 nitrogen and oxygen atoms in total. The molecule has 34 heavy (non-hydrogen) atoms. The number of sulfonamides is 1. The number of carbonyl (C=O) groups excluding carboxylic acids is 1. The maximum Gasteiger partial charge on any atom is 0.243 e. The minimum absolute atomic E-state index is 0.0136. The molecule has 0 radical (unpaired) electrons. The Kier molecular flexibility index (Phi) is 6.43. The second-order valence-electron chi connectivity index (χ2n) is 8.71. The van der Waals surface area contributed by atoms with E-state index in [1.165, 1.54) is 4.31 Å². The first kappa shape index (κ1) is 22.7. The molecule has 0 spiro atoms. The van der Waals surface area contributed by atoms with Gasteiger partial charge in [-0.1, -0.05) is 36.4 Å². The molecule has 2 aliphatic heterocycles. The average molecular weight is 481 g/mol. The Labute approximate surface area is 199 Å². The van der Waals surface area contributed by atoms with E-state index in [0.29, 0.717) is 57.0 Å². The van der Waals surface area contributed by atoms with Crippen molar-refractivity contribution in [1.82, 2.24) is 9.62 Å². The van der Waals surface area contributed by atoms with E-state index in [1.54, 1.807) is 12.1 Å². The molecule has 0 unspecified atom stereocenters. The highest BCUT2D eigenvalue weighted by atomic mass is 32.2. The lowest BCUT2D eigenvalue weighted by Gasteiger charge is -2.30. The Morgan fingerprint density at radius 1 is 0.912 bits per heavy atom. The summed E-state index contributed by atoms with van der Waals surface area (Å²) in [4.78, 5) is 13.0. The van der Waals surface area contributed by atoms with Crippen molar-refractivity contribution in [3.8, 4) is 11.5 Å². The largest absolute Gasteiger partial charge is 0.486 e. The predicted molar refractivity (Wildman–Crippen MR) is 130 cm³/mol. The fourth-order valence-corrected chi connectivity index (χ4v) is 6.06. The van der Waals surface area contributed by atoms with Gasteiger partial charge in [0.15, 0.2) is 11.5 Å². The Morgan fingerprint density at radius 3 is 2.44 bits per heavy atom. The molecule has 8 heteroatoms. The van der Waals surface area contributed by atoms with Crippen LogP contribution in [0.3, 0.4) is 0 Å². The zero-order valence-electron chi connectivity index (χ0n) is 18.9. The number of piperidine rings is 1. The van der Waals surface area contributed by atoms with Crippen LogP contribution in [0, 0.1) is 5.92 Å². The molecular formula is C26H28N2O5S. The number of amides is 1. The zero-order chi connectivity index (χ0) is 23.5. The molecule has 0 bridgehead atoms. The molecule has 2 aliphatic rings. The molecule has 1 fully saturated rings. The monoisotopic (exact) mass is 480 g/mol. The molecule has 1 saturated heterocycles. The van der Waals surface area contributed by atoms with Gasteiger partial charge in [-0.25, -0.2) is 8.42 Å². The summed E-state index contributed by atoms with van der Waals surface area (Å²) in [5.41, 5.74) is 1.07. The van der Waals surface area contributed by atoms with Crippen LogP contribution in [0.25, 0.3) is 10.8 Å². The van der Waals surface area contributed by atoms with Crippen LogP contribution in [0.15, 0.2) is 65.6 Å². The number of fused-ring (bicyclic) bond motifs is 2. The highest BCUT2D eigenvalue weighted by molar-refractivity contribution is 7.89. The first-order valence-electron chi connectivity index (χ1n) is 11.7. The Balaban J connectivity index is 1.13. The van der Waals surface area contributed by atoms with Crippen molar-refractivity contribution < 1.29 is 22.7 Å². The third-order valence-electron chi connectivity index (χ3n) is 6.50. The van der Waals surface area contributed by atoms with Crippen molar-refractivity contribution >= 4 is 26.7 Å². The van der Waals surface area contributed by atoms with E-state index in [-0.39, 0.29) is 11.8 Å². The van der Waals surface area contributed by atoms with Crippen LogP contribution >= 0.6 is 0 Å². The van der Waals surface area contributed by atoms with Crippen LogP contribution in [0.4, 0.5) is 0 Å². The van der Waals surface area contributed by atoms with Crippen molar-refractivity contribution in [2.24, 2.45) is 5.92 Å². The molecule has 0 atom stereocenters. The summed E-state index contributed by atoms with van der Waals surface area (Å²) in [5.74, 6) is 1.31. The Morgan fingerprint density at radius 2 is 1.65 bits per heavy atom. The SMILES string of the molecule is O=C(NCCc1ccc2c(c1)OCCO2)C1CCN(S(=O)(=O)c2ccc3ccccc3c2)CC1. The van der Waals surface area contributed by atoms with E-state index in [9.17, 15) is 13.2 Å². The van der Waals surface area contributed by atoms with Gasteiger partial charge in [0.25, 0.3) is 0 Å². The van der Waals surface area contributed by atoms with Crippen molar-refractivity contribution in [3.05, 3.63) is 66.2 Å². The van der Waals surface area contributed by atoms with E-state index >= 15 is 0 Å². The topological polar surface area (TPSA) is 84.9 Å². The number of ether oxygens (including phenoxy) is 2. The summed E-state index contributed by atoms with van der Waals surface area (Å²) < 4.78 is 38.9. The number of rotatable bonds is 6. The molecular weight excluding hydrogens is 452 g/mol. The van der Waals surface area contributed by atoms with Gasteiger partial charge in [0.1, 0.15) is 13.2 Å². The lowest BCUT2D eigenvalue weighted by atomic mass is 9.97. The molecule has 5 rings (SSSR count). The summed E-state index contributed by atoms with van der Waals surface area (Å²) in [5, 5.41) is 4.91. The number of nitrogens with one attached hydrogen (secondary N) is 1.